The molecule has 61 heavy (non-hydrogen) atoms. The molecule has 0 bridgehead atoms. The third kappa shape index (κ3) is 12.1. The smallest absolute Gasteiger partial charge is 0.190 e. The number of halogens is 7. The molecule has 0 aliphatic carbocycles. The van der Waals surface area contributed by atoms with Crippen molar-refractivity contribution in [2.24, 2.45) is 0 Å². The maximum Gasteiger partial charge on any atom is 0.190 e. The average Bonchev–Trinajstić information content (AvgIpc) is 3.86. The number of benzene rings is 3. The van der Waals surface area contributed by atoms with Gasteiger partial charge in [0.2, 0.25) is 0 Å². The SMILES string of the molecule is CSc1nc(Cl)cc(-n2c(C)nc3cc(Cl)ccc32)n1.CSc1nc(Cl)cc(-n2c(C)nc3ccc(Cl)cc32)n1.CSc1nc(Cl)cc(Cl)n1.Cc1nc2ccc(Cl)cc2[nH]1. The summed E-state index contributed by atoms with van der Waals surface area (Å²) in [5, 5.41) is 5.47. The maximum absolute atomic E-state index is 6.07. The van der Waals surface area contributed by atoms with Gasteiger partial charge in [0.1, 0.15) is 49.7 Å². The standard InChI is InChI=1S/2C13H10Cl2N4S.C8H7ClN2.C5H4Cl2N2S/c1-7-16-9-5-8(14)3-4-10(9)19(7)12-6-11(15)17-13(18-12)20-2;1-7-16-9-4-3-8(14)5-10(9)19(7)12-6-11(15)17-13(18-12)20-2;1-5-10-7-3-2-6(9)4-8(7)11-5;1-10-5-8-3(6)2-4(7)9-5/h2*3-6H,1-2H3;2-4H,1H3,(H,10,11);2H,1H3. The number of aromatic nitrogens is 12. The lowest BCUT2D eigenvalue weighted by Gasteiger charge is -2.07. The van der Waals surface area contributed by atoms with Gasteiger partial charge in [-0.05, 0) is 94.1 Å². The summed E-state index contributed by atoms with van der Waals surface area (Å²) in [7, 11) is 0. The van der Waals surface area contributed by atoms with E-state index in [-0.39, 0.29) is 0 Å². The van der Waals surface area contributed by atoms with Crippen molar-refractivity contribution in [3.05, 3.63) is 126 Å². The Labute approximate surface area is 397 Å². The minimum atomic E-state index is 0.379. The lowest BCUT2D eigenvalue weighted by molar-refractivity contribution is 0.879. The fourth-order valence-electron chi connectivity index (χ4n) is 5.67. The first-order valence-corrected chi connectivity index (χ1v) is 23.8. The third-order valence-electron chi connectivity index (χ3n) is 8.10. The summed E-state index contributed by atoms with van der Waals surface area (Å²) >= 11 is 45.4. The summed E-state index contributed by atoms with van der Waals surface area (Å²) in [4.78, 5) is 41.4. The molecule has 0 fully saturated rings. The van der Waals surface area contributed by atoms with E-state index in [1.165, 1.54) is 41.4 Å². The Morgan fingerprint density at radius 3 is 1.43 bits per heavy atom. The molecule has 22 heteroatoms. The van der Waals surface area contributed by atoms with Gasteiger partial charge in [0.15, 0.2) is 15.5 Å². The molecule has 0 spiro atoms. The molecule has 0 unspecified atom stereocenters. The van der Waals surface area contributed by atoms with Crippen molar-refractivity contribution in [2.45, 2.75) is 36.2 Å². The molecule has 0 atom stereocenters. The van der Waals surface area contributed by atoms with Crippen LogP contribution in [0.1, 0.15) is 17.5 Å². The molecule has 0 radical (unpaired) electrons. The number of hydrogen-bond acceptors (Lipinski definition) is 12. The minimum Gasteiger partial charge on any atom is -0.342 e. The van der Waals surface area contributed by atoms with Crippen LogP contribution in [0, 0.1) is 20.8 Å². The molecular weight excluding hydrogens is 981 g/mol. The van der Waals surface area contributed by atoms with Crippen LogP contribution in [0.4, 0.5) is 0 Å². The fraction of sp³-hybridized carbons (Fsp3) is 0.154. The Morgan fingerprint density at radius 2 is 0.869 bits per heavy atom. The van der Waals surface area contributed by atoms with Crippen LogP contribution in [0.3, 0.4) is 0 Å². The highest BCUT2D eigenvalue weighted by molar-refractivity contribution is 7.98. The van der Waals surface area contributed by atoms with Crippen molar-refractivity contribution >= 4 is 150 Å². The van der Waals surface area contributed by atoms with E-state index in [2.05, 4.69) is 49.8 Å². The lowest BCUT2D eigenvalue weighted by Crippen LogP contribution is -2.02. The largest absolute Gasteiger partial charge is 0.342 e. The van der Waals surface area contributed by atoms with E-state index in [4.69, 9.17) is 81.2 Å². The van der Waals surface area contributed by atoms with Crippen LogP contribution in [-0.4, -0.2) is 77.7 Å². The van der Waals surface area contributed by atoms with E-state index in [9.17, 15) is 0 Å². The van der Waals surface area contributed by atoms with Crippen molar-refractivity contribution in [1.82, 2.24) is 59.0 Å². The highest BCUT2D eigenvalue weighted by Gasteiger charge is 2.14. The number of H-pyrrole nitrogens is 1. The monoisotopic (exact) mass is 1010 g/mol. The predicted molar refractivity (Wildman–Crippen MR) is 256 cm³/mol. The number of hydrogen-bond donors (Lipinski definition) is 1. The number of imidazole rings is 3. The van der Waals surface area contributed by atoms with E-state index < -0.39 is 0 Å². The molecule has 6 aromatic heterocycles. The van der Waals surface area contributed by atoms with Gasteiger partial charge in [0.25, 0.3) is 0 Å². The normalized spacial score (nSPS) is 10.9. The molecule has 314 valence electrons. The first-order chi connectivity index (χ1) is 29.1. The molecule has 0 aliphatic rings. The molecule has 0 saturated carbocycles. The van der Waals surface area contributed by atoms with Gasteiger partial charge in [0, 0.05) is 33.3 Å². The van der Waals surface area contributed by atoms with Crippen LogP contribution < -0.4 is 0 Å². The molecule has 0 saturated heterocycles. The molecule has 9 aromatic rings. The Balaban J connectivity index is 0.000000142. The molecule has 1 N–H and O–H groups in total. The number of fused-ring (bicyclic) bond motifs is 3. The van der Waals surface area contributed by atoms with Crippen LogP contribution >= 0.6 is 116 Å². The highest BCUT2D eigenvalue weighted by Crippen LogP contribution is 2.27. The topological polar surface area (TPSA) is 142 Å². The molecule has 0 amide bonds. The van der Waals surface area contributed by atoms with Gasteiger partial charge in [-0.2, -0.15) is 0 Å². The first-order valence-electron chi connectivity index (χ1n) is 17.5. The molecular formula is C39H31Cl7N12S3. The minimum absolute atomic E-state index is 0.379. The summed E-state index contributed by atoms with van der Waals surface area (Å²) in [5.41, 5.74) is 5.50. The van der Waals surface area contributed by atoms with Gasteiger partial charge in [0.05, 0.1) is 33.1 Å². The van der Waals surface area contributed by atoms with Crippen molar-refractivity contribution in [3.8, 4) is 11.6 Å². The van der Waals surface area contributed by atoms with E-state index in [1.807, 2.05) is 103 Å². The van der Waals surface area contributed by atoms with Gasteiger partial charge in [-0.1, -0.05) is 116 Å². The maximum atomic E-state index is 6.07. The van der Waals surface area contributed by atoms with Gasteiger partial charge in [-0.25, -0.2) is 44.9 Å². The van der Waals surface area contributed by atoms with Gasteiger partial charge in [-0.15, -0.1) is 0 Å². The van der Waals surface area contributed by atoms with Crippen molar-refractivity contribution < 1.29 is 0 Å². The van der Waals surface area contributed by atoms with Crippen LogP contribution in [-0.2, 0) is 0 Å². The van der Waals surface area contributed by atoms with E-state index in [0.29, 0.717) is 57.8 Å². The predicted octanol–water partition coefficient (Wildman–Crippen LogP) is 13.3. The van der Waals surface area contributed by atoms with E-state index in [0.717, 1.165) is 55.6 Å². The zero-order valence-corrected chi connectivity index (χ0v) is 40.5. The van der Waals surface area contributed by atoms with Gasteiger partial charge >= 0.3 is 0 Å². The molecule has 9 rings (SSSR count). The second-order valence-corrected chi connectivity index (χ2v) is 17.5. The summed E-state index contributed by atoms with van der Waals surface area (Å²) < 4.78 is 3.87. The Hall–Kier alpha value is -3.61. The molecule has 3 aromatic carbocycles. The van der Waals surface area contributed by atoms with Crippen LogP contribution in [0.2, 0.25) is 35.7 Å². The van der Waals surface area contributed by atoms with Crippen LogP contribution in [0.25, 0.3) is 44.7 Å². The molecule has 0 aliphatic heterocycles. The summed E-state index contributed by atoms with van der Waals surface area (Å²) in [5.74, 6) is 3.96. The second-order valence-electron chi connectivity index (χ2n) is 12.3. The van der Waals surface area contributed by atoms with Crippen molar-refractivity contribution in [1.29, 1.82) is 0 Å². The number of aryl methyl sites for hydroxylation is 3. The number of nitrogens with one attached hydrogen (secondary N) is 1. The Kier molecular flexibility index (Phi) is 16.3. The summed E-state index contributed by atoms with van der Waals surface area (Å²) in [6.07, 6.45) is 5.68. The first kappa shape index (κ1) is 46.9. The lowest BCUT2D eigenvalue weighted by atomic mass is 10.3. The Bertz CT molecular complexity index is 2980. The van der Waals surface area contributed by atoms with Crippen molar-refractivity contribution in [2.75, 3.05) is 18.8 Å². The van der Waals surface area contributed by atoms with E-state index in [1.54, 1.807) is 12.1 Å². The fourth-order valence-corrected chi connectivity index (χ4v) is 8.29. The molecule has 12 nitrogen and oxygen atoms in total. The quantitative estimate of drug-likeness (QED) is 0.0996. The Morgan fingerprint density at radius 1 is 0.426 bits per heavy atom. The van der Waals surface area contributed by atoms with Crippen LogP contribution in [0.15, 0.2) is 88.3 Å². The third-order valence-corrected chi connectivity index (χ3v) is 11.2. The number of thioether (sulfide) groups is 3. The van der Waals surface area contributed by atoms with Gasteiger partial charge in [-0.3, -0.25) is 9.13 Å². The number of nitrogens with zero attached hydrogens (tertiary/aromatic N) is 11. The van der Waals surface area contributed by atoms with Crippen LogP contribution in [0.5, 0.6) is 0 Å². The number of rotatable bonds is 5. The summed E-state index contributed by atoms with van der Waals surface area (Å²) in [6, 6.07) is 21.7. The second kappa shape index (κ2) is 21.2. The average molecular weight is 1010 g/mol. The molecule has 6 heterocycles. The zero-order valence-electron chi connectivity index (χ0n) is 32.7. The highest BCUT2D eigenvalue weighted by atomic mass is 35.5. The van der Waals surface area contributed by atoms with Gasteiger partial charge < -0.3 is 4.98 Å². The van der Waals surface area contributed by atoms with Crippen molar-refractivity contribution in [3.63, 3.8) is 0 Å². The number of aromatic amines is 1. The zero-order chi connectivity index (χ0) is 44.0. The summed E-state index contributed by atoms with van der Waals surface area (Å²) in [6.45, 7) is 5.76. The van der Waals surface area contributed by atoms with E-state index >= 15 is 0 Å².